The van der Waals surface area contributed by atoms with Gasteiger partial charge in [0.2, 0.25) is 5.91 Å². The van der Waals surface area contributed by atoms with Crippen molar-refractivity contribution in [3.63, 3.8) is 0 Å². The fourth-order valence-corrected chi connectivity index (χ4v) is 3.61. The topological polar surface area (TPSA) is 47.6 Å². The lowest BCUT2D eigenvalue weighted by molar-refractivity contribution is -0.122. The second-order valence-electron chi connectivity index (χ2n) is 7.93. The molecule has 2 unspecified atom stereocenters. The third-order valence-electron chi connectivity index (χ3n) is 5.46. The summed E-state index contributed by atoms with van der Waals surface area (Å²) >= 11 is 0. The van der Waals surface area contributed by atoms with E-state index >= 15 is 0 Å². The van der Waals surface area contributed by atoms with E-state index in [-0.39, 0.29) is 29.0 Å². The minimum absolute atomic E-state index is 0.00567. The van der Waals surface area contributed by atoms with Crippen molar-refractivity contribution in [3.05, 3.63) is 59.4 Å². The highest BCUT2D eigenvalue weighted by molar-refractivity contribution is 5.83. The number of carbonyl (C=O) groups is 1. The second kappa shape index (κ2) is 6.87. The van der Waals surface area contributed by atoms with E-state index in [9.17, 15) is 9.18 Å². The van der Waals surface area contributed by atoms with Gasteiger partial charge in [0.05, 0.1) is 0 Å². The molecule has 27 heavy (non-hydrogen) atoms. The van der Waals surface area contributed by atoms with Gasteiger partial charge >= 0.3 is 0 Å². The predicted octanol–water partition coefficient (Wildman–Crippen LogP) is 3.79. The molecule has 0 aromatic heterocycles. The summed E-state index contributed by atoms with van der Waals surface area (Å²) in [4.78, 5) is 12.5. The number of rotatable bonds is 5. The Bertz CT molecular complexity index is 864. The number of ether oxygens (including phenoxy) is 2. The molecule has 1 amide bonds. The Kier molecular flexibility index (Phi) is 4.54. The van der Waals surface area contributed by atoms with E-state index in [0.29, 0.717) is 31.7 Å². The summed E-state index contributed by atoms with van der Waals surface area (Å²) in [6.07, 6.45) is 0.706. The summed E-state index contributed by atoms with van der Waals surface area (Å²) in [5, 5.41) is 3.05. The molecular weight excluding hydrogens is 345 g/mol. The first-order valence-electron chi connectivity index (χ1n) is 9.38. The van der Waals surface area contributed by atoms with Gasteiger partial charge < -0.3 is 14.8 Å². The zero-order chi connectivity index (χ0) is 19.0. The van der Waals surface area contributed by atoms with Crippen LogP contribution in [0.5, 0.6) is 11.5 Å². The fraction of sp³-hybridized carbons (Fsp3) is 0.409. The van der Waals surface area contributed by atoms with E-state index in [2.05, 4.69) is 19.2 Å². The Labute approximate surface area is 158 Å². The van der Waals surface area contributed by atoms with Crippen molar-refractivity contribution >= 4 is 5.91 Å². The standard InChI is InChI=1S/C22H24FNO3/c1-22(2,14-7-8-19-20(11-14)27-10-9-26-19)13-24-21(25)17-12-16(17)15-5-3-4-6-18(15)23/h3-8,11,16-17H,9-10,12-13H2,1-2H3,(H,24,25). The molecule has 4 nitrogen and oxygen atoms in total. The summed E-state index contributed by atoms with van der Waals surface area (Å²) in [5.74, 6) is 1.13. The van der Waals surface area contributed by atoms with Gasteiger partial charge in [-0.05, 0) is 41.7 Å². The van der Waals surface area contributed by atoms with E-state index in [1.54, 1.807) is 12.1 Å². The molecule has 2 aromatic rings. The number of fused-ring (bicyclic) bond motifs is 1. The molecule has 0 saturated heterocycles. The van der Waals surface area contributed by atoms with Crippen molar-refractivity contribution in [2.45, 2.75) is 31.6 Å². The van der Waals surface area contributed by atoms with Crippen molar-refractivity contribution in [3.8, 4) is 11.5 Å². The highest BCUT2D eigenvalue weighted by Crippen LogP contribution is 2.48. The second-order valence-corrected chi connectivity index (χ2v) is 7.93. The highest BCUT2D eigenvalue weighted by Gasteiger charge is 2.45. The number of hydrogen-bond donors (Lipinski definition) is 1. The quantitative estimate of drug-likeness (QED) is 0.872. The number of hydrogen-bond acceptors (Lipinski definition) is 3. The van der Waals surface area contributed by atoms with Gasteiger partial charge in [-0.3, -0.25) is 4.79 Å². The molecule has 1 aliphatic carbocycles. The maximum atomic E-state index is 13.9. The van der Waals surface area contributed by atoms with Crippen LogP contribution in [0.4, 0.5) is 4.39 Å². The van der Waals surface area contributed by atoms with Gasteiger partial charge in [0.15, 0.2) is 11.5 Å². The molecule has 2 aliphatic rings. The third kappa shape index (κ3) is 3.64. The summed E-state index contributed by atoms with van der Waals surface area (Å²) in [5.41, 5.74) is 1.46. The van der Waals surface area contributed by atoms with Crippen molar-refractivity contribution in [1.29, 1.82) is 0 Å². The van der Waals surface area contributed by atoms with Crippen LogP contribution in [0.25, 0.3) is 0 Å². The van der Waals surface area contributed by atoms with Crippen LogP contribution in [-0.2, 0) is 10.2 Å². The minimum atomic E-state index is -0.256. The maximum Gasteiger partial charge on any atom is 0.223 e. The van der Waals surface area contributed by atoms with Crippen LogP contribution in [0, 0.1) is 11.7 Å². The molecule has 5 heteroatoms. The summed E-state index contributed by atoms with van der Waals surface area (Å²) < 4.78 is 25.1. The van der Waals surface area contributed by atoms with Crippen molar-refractivity contribution in [1.82, 2.24) is 5.32 Å². The molecule has 0 bridgehead atoms. The molecule has 2 aromatic carbocycles. The molecule has 1 fully saturated rings. The number of nitrogens with one attached hydrogen (secondary N) is 1. The first-order chi connectivity index (χ1) is 13.0. The van der Waals surface area contributed by atoms with E-state index in [0.717, 1.165) is 17.1 Å². The molecular formula is C22H24FNO3. The van der Waals surface area contributed by atoms with Crippen LogP contribution < -0.4 is 14.8 Å². The maximum absolute atomic E-state index is 13.9. The molecule has 0 spiro atoms. The van der Waals surface area contributed by atoms with Gasteiger partial charge in [0, 0.05) is 17.9 Å². The van der Waals surface area contributed by atoms with Crippen molar-refractivity contribution in [2.75, 3.05) is 19.8 Å². The van der Waals surface area contributed by atoms with Gasteiger partial charge in [-0.2, -0.15) is 0 Å². The van der Waals surface area contributed by atoms with Gasteiger partial charge in [-0.1, -0.05) is 38.1 Å². The van der Waals surface area contributed by atoms with E-state index in [1.807, 2.05) is 24.3 Å². The first kappa shape index (κ1) is 17.8. The highest BCUT2D eigenvalue weighted by atomic mass is 19.1. The Balaban J connectivity index is 1.38. The first-order valence-corrected chi connectivity index (χ1v) is 9.38. The molecule has 142 valence electrons. The summed E-state index contributed by atoms with van der Waals surface area (Å²) in [6, 6.07) is 12.6. The van der Waals surface area contributed by atoms with Crippen molar-refractivity contribution in [2.24, 2.45) is 5.92 Å². The normalized spacial score (nSPS) is 20.9. The zero-order valence-corrected chi connectivity index (χ0v) is 15.6. The Morgan fingerprint density at radius 1 is 1.15 bits per heavy atom. The monoisotopic (exact) mass is 369 g/mol. The van der Waals surface area contributed by atoms with Crippen LogP contribution in [0.2, 0.25) is 0 Å². The lowest BCUT2D eigenvalue weighted by Gasteiger charge is -2.28. The molecule has 2 atom stereocenters. The van der Waals surface area contributed by atoms with Crippen LogP contribution in [0.1, 0.15) is 37.3 Å². The predicted molar refractivity (Wildman–Crippen MR) is 101 cm³/mol. The van der Waals surface area contributed by atoms with Crippen LogP contribution in [0.15, 0.2) is 42.5 Å². The zero-order valence-electron chi connectivity index (χ0n) is 15.6. The van der Waals surface area contributed by atoms with Gasteiger partial charge in [0.25, 0.3) is 0 Å². The number of halogens is 1. The summed E-state index contributed by atoms with van der Waals surface area (Å²) in [6.45, 7) is 5.79. The van der Waals surface area contributed by atoms with E-state index in [1.165, 1.54) is 6.07 Å². The van der Waals surface area contributed by atoms with E-state index < -0.39 is 0 Å². The lowest BCUT2D eigenvalue weighted by Crippen LogP contribution is -2.37. The molecule has 1 saturated carbocycles. The molecule has 4 rings (SSSR count). The Morgan fingerprint density at radius 3 is 2.67 bits per heavy atom. The average Bonchev–Trinajstić information content (AvgIpc) is 3.47. The minimum Gasteiger partial charge on any atom is -0.486 e. The van der Waals surface area contributed by atoms with E-state index in [4.69, 9.17) is 9.47 Å². The van der Waals surface area contributed by atoms with Crippen molar-refractivity contribution < 1.29 is 18.7 Å². The average molecular weight is 369 g/mol. The fourth-order valence-electron chi connectivity index (χ4n) is 3.61. The number of benzene rings is 2. The number of carbonyl (C=O) groups excluding carboxylic acids is 1. The molecule has 1 aliphatic heterocycles. The smallest absolute Gasteiger partial charge is 0.223 e. The Morgan fingerprint density at radius 2 is 1.89 bits per heavy atom. The van der Waals surface area contributed by atoms with Gasteiger partial charge in [-0.25, -0.2) is 4.39 Å². The van der Waals surface area contributed by atoms with Crippen LogP contribution in [-0.4, -0.2) is 25.7 Å². The largest absolute Gasteiger partial charge is 0.486 e. The third-order valence-corrected chi connectivity index (χ3v) is 5.46. The summed E-state index contributed by atoms with van der Waals surface area (Å²) in [7, 11) is 0. The lowest BCUT2D eigenvalue weighted by atomic mass is 9.84. The molecule has 1 heterocycles. The van der Waals surface area contributed by atoms with Crippen LogP contribution in [0.3, 0.4) is 0 Å². The van der Waals surface area contributed by atoms with Crippen LogP contribution >= 0.6 is 0 Å². The SMILES string of the molecule is CC(C)(CNC(=O)C1CC1c1ccccc1F)c1ccc2c(c1)OCCO2. The number of amides is 1. The van der Waals surface area contributed by atoms with Gasteiger partial charge in [0.1, 0.15) is 19.0 Å². The van der Waals surface area contributed by atoms with Gasteiger partial charge in [-0.15, -0.1) is 0 Å². The molecule has 1 N–H and O–H groups in total. The molecule has 0 radical (unpaired) electrons. The Hall–Kier alpha value is -2.56.